The average Bonchev–Trinajstić information content (AvgIpc) is 2.57. The van der Waals surface area contributed by atoms with Crippen LogP contribution in [-0.4, -0.2) is 36.7 Å². The first kappa shape index (κ1) is 16.9. The van der Waals surface area contributed by atoms with Gasteiger partial charge in [-0.1, -0.05) is 22.0 Å². The van der Waals surface area contributed by atoms with Crippen molar-refractivity contribution in [2.24, 2.45) is 0 Å². The third-order valence-corrected chi connectivity index (χ3v) is 3.96. The molecule has 2 N–H and O–H groups in total. The van der Waals surface area contributed by atoms with Gasteiger partial charge in [0.1, 0.15) is 5.75 Å². The Balaban J connectivity index is 1.53. The number of hydrogen-bond acceptors (Lipinski definition) is 5. The largest absolute Gasteiger partial charge is 0.439 e. The molecule has 0 saturated carbocycles. The van der Waals surface area contributed by atoms with Crippen molar-refractivity contribution in [3.63, 3.8) is 0 Å². The number of anilines is 1. The van der Waals surface area contributed by atoms with Gasteiger partial charge in [0.15, 0.2) is 0 Å². The molecule has 24 heavy (non-hydrogen) atoms. The van der Waals surface area contributed by atoms with Gasteiger partial charge >= 0.3 is 0 Å². The summed E-state index contributed by atoms with van der Waals surface area (Å²) in [5.74, 6) is 1.09. The van der Waals surface area contributed by atoms with Crippen LogP contribution in [0.1, 0.15) is 6.42 Å². The molecule has 6 nitrogen and oxygen atoms in total. The number of morpholine rings is 1. The third kappa shape index (κ3) is 5.02. The topological polar surface area (TPSA) is 72.5 Å². The van der Waals surface area contributed by atoms with Crippen molar-refractivity contribution in [1.29, 1.82) is 0 Å². The number of benzene rings is 1. The Labute approximate surface area is 148 Å². The Morgan fingerprint density at radius 1 is 1.42 bits per heavy atom. The Morgan fingerprint density at radius 2 is 2.33 bits per heavy atom. The number of halogens is 1. The van der Waals surface area contributed by atoms with Gasteiger partial charge in [0.2, 0.25) is 11.8 Å². The van der Waals surface area contributed by atoms with E-state index in [0.29, 0.717) is 37.0 Å². The number of carbonyl (C=O) groups excluding carboxylic acids is 1. The van der Waals surface area contributed by atoms with Crippen LogP contribution in [0.5, 0.6) is 11.6 Å². The van der Waals surface area contributed by atoms with Crippen molar-refractivity contribution in [2.45, 2.75) is 12.5 Å². The highest BCUT2D eigenvalue weighted by molar-refractivity contribution is 9.10. The van der Waals surface area contributed by atoms with Gasteiger partial charge in [0.25, 0.3) is 0 Å². The molecule has 2 aromatic rings. The second-order valence-corrected chi connectivity index (χ2v) is 6.34. The van der Waals surface area contributed by atoms with Crippen LogP contribution in [0.15, 0.2) is 47.1 Å². The van der Waals surface area contributed by atoms with Gasteiger partial charge in [0.05, 0.1) is 25.1 Å². The molecule has 1 saturated heterocycles. The molecule has 0 aliphatic carbocycles. The number of nitrogens with one attached hydrogen (secondary N) is 2. The lowest BCUT2D eigenvalue weighted by molar-refractivity contribution is -0.117. The van der Waals surface area contributed by atoms with E-state index in [1.807, 2.05) is 24.3 Å². The van der Waals surface area contributed by atoms with Gasteiger partial charge in [-0.2, -0.15) is 0 Å². The summed E-state index contributed by atoms with van der Waals surface area (Å²) in [6.45, 7) is 2.04. The van der Waals surface area contributed by atoms with E-state index in [-0.39, 0.29) is 11.9 Å². The summed E-state index contributed by atoms with van der Waals surface area (Å²) in [6, 6.07) is 11.1. The Hall–Kier alpha value is -1.96. The number of carbonyl (C=O) groups is 1. The minimum Gasteiger partial charge on any atom is -0.439 e. The molecule has 2 heterocycles. The molecule has 0 radical (unpaired) electrons. The fourth-order valence-electron chi connectivity index (χ4n) is 2.35. The maximum Gasteiger partial charge on any atom is 0.226 e. The molecule has 1 fully saturated rings. The molecule has 1 atom stereocenters. The highest BCUT2D eigenvalue weighted by atomic mass is 79.9. The van der Waals surface area contributed by atoms with Crippen molar-refractivity contribution in [1.82, 2.24) is 10.3 Å². The lowest BCUT2D eigenvalue weighted by atomic mass is 10.2. The fourth-order valence-corrected chi connectivity index (χ4v) is 2.73. The van der Waals surface area contributed by atoms with E-state index < -0.39 is 0 Å². The Kier molecular flexibility index (Phi) is 5.79. The number of amides is 1. The zero-order valence-electron chi connectivity index (χ0n) is 13.0. The molecule has 1 unspecified atom stereocenters. The molecule has 1 aliphatic rings. The van der Waals surface area contributed by atoms with Gasteiger partial charge in [-0.3, -0.25) is 4.79 Å². The first-order chi connectivity index (χ1) is 11.7. The van der Waals surface area contributed by atoms with Crippen LogP contribution < -0.4 is 15.4 Å². The molecule has 1 amide bonds. The summed E-state index contributed by atoms with van der Waals surface area (Å²) in [5.41, 5.74) is 0.637. The maximum atomic E-state index is 12.0. The average molecular weight is 392 g/mol. The van der Waals surface area contributed by atoms with E-state index in [4.69, 9.17) is 9.47 Å². The van der Waals surface area contributed by atoms with Gasteiger partial charge in [-0.25, -0.2) is 4.98 Å². The van der Waals surface area contributed by atoms with Crippen LogP contribution in [0.3, 0.4) is 0 Å². The number of rotatable bonds is 5. The minimum atomic E-state index is -0.0690. The number of nitrogens with zero attached hydrogens (tertiary/aromatic N) is 1. The summed E-state index contributed by atoms with van der Waals surface area (Å²) in [4.78, 5) is 16.2. The van der Waals surface area contributed by atoms with E-state index in [2.05, 4.69) is 31.5 Å². The normalized spacial score (nSPS) is 17.3. The smallest absolute Gasteiger partial charge is 0.226 e. The lowest BCUT2D eigenvalue weighted by Gasteiger charge is -2.23. The van der Waals surface area contributed by atoms with Crippen molar-refractivity contribution in [3.8, 4) is 11.6 Å². The second kappa shape index (κ2) is 8.23. The van der Waals surface area contributed by atoms with E-state index in [1.54, 1.807) is 18.3 Å². The number of hydrogen-bond donors (Lipinski definition) is 2. The van der Waals surface area contributed by atoms with Crippen LogP contribution in [0.25, 0.3) is 0 Å². The Morgan fingerprint density at radius 3 is 3.04 bits per heavy atom. The third-order valence-electron chi connectivity index (χ3n) is 3.47. The number of pyridine rings is 1. The highest BCUT2D eigenvalue weighted by Crippen LogP contribution is 2.23. The number of ether oxygens (including phenoxy) is 2. The predicted molar refractivity (Wildman–Crippen MR) is 94.3 cm³/mol. The highest BCUT2D eigenvalue weighted by Gasteiger charge is 2.16. The number of aromatic nitrogens is 1. The predicted octanol–water partition coefficient (Wildman–Crippen LogP) is 2.95. The molecule has 0 bridgehead atoms. The van der Waals surface area contributed by atoms with Gasteiger partial charge in [0, 0.05) is 29.5 Å². The molecular weight excluding hydrogens is 374 g/mol. The van der Waals surface area contributed by atoms with Crippen molar-refractivity contribution < 1.29 is 14.3 Å². The quantitative estimate of drug-likeness (QED) is 0.819. The summed E-state index contributed by atoms with van der Waals surface area (Å²) >= 11 is 3.39. The van der Waals surface area contributed by atoms with E-state index in [1.165, 1.54) is 0 Å². The van der Waals surface area contributed by atoms with Crippen LogP contribution in [-0.2, 0) is 9.53 Å². The summed E-state index contributed by atoms with van der Waals surface area (Å²) in [6.07, 6.45) is 1.95. The van der Waals surface area contributed by atoms with Crippen molar-refractivity contribution >= 4 is 27.5 Å². The van der Waals surface area contributed by atoms with Gasteiger partial charge in [-0.05, 0) is 24.3 Å². The van der Waals surface area contributed by atoms with Crippen LogP contribution in [0.4, 0.5) is 5.69 Å². The molecule has 126 valence electrons. The second-order valence-electron chi connectivity index (χ2n) is 5.42. The molecular formula is C17H18BrN3O3. The fraction of sp³-hybridized carbons (Fsp3) is 0.294. The molecule has 1 aromatic heterocycles. The summed E-state index contributed by atoms with van der Waals surface area (Å²) in [7, 11) is 0. The van der Waals surface area contributed by atoms with Crippen LogP contribution in [0.2, 0.25) is 0 Å². The molecule has 0 spiro atoms. The van der Waals surface area contributed by atoms with Crippen LogP contribution in [0, 0.1) is 0 Å². The van der Waals surface area contributed by atoms with Gasteiger partial charge in [-0.15, -0.1) is 0 Å². The van der Waals surface area contributed by atoms with E-state index in [0.717, 1.165) is 11.0 Å². The van der Waals surface area contributed by atoms with Gasteiger partial charge < -0.3 is 20.1 Å². The molecule has 3 rings (SSSR count). The first-order valence-corrected chi connectivity index (χ1v) is 8.49. The SMILES string of the molecule is O=C(CC1COCCN1)Nc1ccc(Oc2cccc(Br)c2)nc1. The molecule has 7 heteroatoms. The molecule has 1 aromatic carbocycles. The molecule has 1 aliphatic heterocycles. The monoisotopic (exact) mass is 391 g/mol. The standard InChI is InChI=1S/C17H18BrN3O3/c18-12-2-1-3-15(8-12)24-17-5-4-13(10-20-17)21-16(22)9-14-11-23-7-6-19-14/h1-5,8,10,14,19H,6-7,9,11H2,(H,21,22). The zero-order chi connectivity index (χ0) is 16.8. The van der Waals surface area contributed by atoms with Crippen molar-refractivity contribution in [2.75, 3.05) is 25.1 Å². The zero-order valence-corrected chi connectivity index (χ0v) is 14.6. The van der Waals surface area contributed by atoms with Crippen molar-refractivity contribution in [3.05, 3.63) is 47.1 Å². The summed E-state index contributed by atoms with van der Waals surface area (Å²) < 4.78 is 11.9. The minimum absolute atomic E-state index is 0.0610. The van der Waals surface area contributed by atoms with E-state index >= 15 is 0 Å². The lowest BCUT2D eigenvalue weighted by Crippen LogP contribution is -2.43. The van der Waals surface area contributed by atoms with Crippen LogP contribution >= 0.6 is 15.9 Å². The van der Waals surface area contributed by atoms with E-state index in [9.17, 15) is 4.79 Å². The first-order valence-electron chi connectivity index (χ1n) is 7.69. The summed E-state index contributed by atoms with van der Waals surface area (Å²) in [5, 5.41) is 6.08. The maximum absolute atomic E-state index is 12.0. The Bertz CT molecular complexity index is 688.